The molecule has 96 valence electrons. The first kappa shape index (κ1) is 13.4. The highest BCUT2D eigenvalue weighted by Gasteiger charge is 2.13. The van der Waals surface area contributed by atoms with E-state index in [-0.39, 0.29) is 5.41 Å². The third-order valence-corrected chi connectivity index (χ3v) is 3.42. The molecule has 0 fully saturated rings. The van der Waals surface area contributed by atoms with Gasteiger partial charge in [-0.1, -0.05) is 51.1 Å². The van der Waals surface area contributed by atoms with Gasteiger partial charge < -0.3 is 0 Å². The van der Waals surface area contributed by atoms with E-state index < -0.39 is 0 Å². The topological polar surface area (TPSA) is 23.8 Å². The molecule has 0 unspecified atom stereocenters. The van der Waals surface area contributed by atoms with E-state index in [0.717, 1.165) is 5.56 Å². The van der Waals surface area contributed by atoms with Crippen LogP contribution in [0.5, 0.6) is 0 Å². The van der Waals surface area contributed by atoms with Crippen LogP contribution < -0.4 is 0 Å². The summed E-state index contributed by atoms with van der Waals surface area (Å²) in [6.07, 6.45) is 0. The smallest absolute Gasteiger partial charge is 0.0991 e. The minimum atomic E-state index is 0.179. The predicted molar refractivity (Wildman–Crippen MR) is 80.0 cm³/mol. The van der Waals surface area contributed by atoms with Crippen molar-refractivity contribution in [3.05, 3.63) is 59.2 Å². The first-order chi connectivity index (χ1) is 8.91. The van der Waals surface area contributed by atoms with Crippen molar-refractivity contribution < 1.29 is 0 Å². The van der Waals surface area contributed by atoms with Crippen LogP contribution >= 0.6 is 0 Å². The molecule has 0 spiro atoms. The molecule has 0 bridgehead atoms. The Morgan fingerprint density at radius 2 is 1.58 bits per heavy atom. The zero-order valence-corrected chi connectivity index (χ0v) is 12.0. The van der Waals surface area contributed by atoms with Gasteiger partial charge in [0.15, 0.2) is 0 Å². The highest BCUT2D eigenvalue weighted by atomic mass is 14.2. The maximum atomic E-state index is 8.90. The van der Waals surface area contributed by atoms with Crippen molar-refractivity contribution in [2.24, 2.45) is 0 Å². The zero-order chi connectivity index (χ0) is 14.0. The Labute approximate surface area is 115 Å². The standard InChI is InChI=1S/C18H19N/c1-13-11-14(12-19)5-10-17(13)15-6-8-16(9-7-15)18(2,3)4/h5-11H,1-4H3. The average Bonchev–Trinajstić information content (AvgIpc) is 2.37. The van der Waals surface area contributed by atoms with Gasteiger partial charge in [0, 0.05) is 0 Å². The Morgan fingerprint density at radius 3 is 2.05 bits per heavy atom. The van der Waals surface area contributed by atoms with Crippen molar-refractivity contribution in [3.63, 3.8) is 0 Å². The summed E-state index contributed by atoms with van der Waals surface area (Å²) in [6, 6.07) is 16.7. The van der Waals surface area contributed by atoms with Gasteiger partial charge in [0.25, 0.3) is 0 Å². The predicted octanol–water partition coefficient (Wildman–Crippen LogP) is 4.83. The minimum absolute atomic E-state index is 0.179. The molecular formula is C18H19N. The maximum Gasteiger partial charge on any atom is 0.0991 e. The molecule has 2 aromatic carbocycles. The lowest BCUT2D eigenvalue weighted by Crippen LogP contribution is -2.10. The van der Waals surface area contributed by atoms with Crippen molar-refractivity contribution in [2.75, 3.05) is 0 Å². The molecule has 0 aliphatic carbocycles. The summed E-state index contributed by atoms with van der Waals surface area (Å²) in [5, 5.41) is 8.90. The summed E-state index contributed by atoms with van der Waals surface area (Å²) < 4.78 is 0. The summed E-state index contributed by atoms with van der Waals surface area (Å²) in [6.45, 7) is 8.70. The van der Waals surface area contributed by atoms with Crippen LogP contribution in [0.1, 0.15) is 37.5 Å². The van der Waals surface area contributed by atoms with E-state index in [4.69, 9.17) is 5.26 Å². The van der Waals surface area contributed by atoms with Crippen LogP contribution in [-0.4, -0.2) is 0 Å². The lowest BCUT2D eigenvalue weighted by atomic mass is 9.86. The molecule has 0 aliphatic rings. The fraction of sp³-hybridized carbons (Fsp3) is 0.278. The van der Waals surface area contributed by atoms with Gasteiger partial charge in [0.05, 0.1) is 11.6 Å². The van der Waals surface area contributed by atoms with Crippen LogP contribution in [0.2, 0.25) is 0 Å². The molecular weight excluding hydrogens is 230 g/mol. The van der Waals surface area contributed by atoms with Crippen LogP contribution in [0, 0.1) is 18.3 Å². The second-order valence-electron chi connectivity index (χ2n) is 5.97. The normalized spacial score (nSPS) is 11.1. The first-order valence-corrected chi connectivity index (χ1v) is 6.53. The van der Waals surface area contributed by atoms with Gasteiger partial charge in [-0.15, -0.1) is 0 Å². The largest absolute Gasteiger partial charge is 0.192 e. The van der Waals surface area contributed by atoms with Crippen LogP contribution in [0.4, 0.5) is 0 Å². The van der Waals surface area contributed by atoms with E-state index in [0.29, 0.717) is 5.56 Å². The van der Waals surface area contributed by atoms with Crippen LogP contribution in [0.15, 0.2) is 42.5 Å². The van der Waals surface area contributed by atoms with Gasteiger partial charge >= 0.3 is 0 Å². The van der Waals surface area contributed by atoms with Crippen molar-refractivity contribution in [3.8, 4) is 17.2 Å². The Kier molecular flexibility index (Phi) is 3.44. The minimum Gasteiger partial charge on any atom is -0.192 e. The number of nitrogens with zero attached hydrogens (tertiary/aromatic N) is 1. The molecule has 0 saturated carbocycles. The average molecular weight is 249 g/mol. The molecule has 0 amide bonds. The fourth-order valence-corrected chi connectivity index (χ4v) is 2.21. The van der Waals surface area contributed by atoms with Crippen LogP contribution in [0.25, 0.3) is 11.1 Å². The summed E-state index contributed by atoms with van der Waals surface area (Å²) in [5.41, 5.74) is 5.77. The van der Waals surface area contributed by atoms with E-state index >= 15 is 0 Å². The monoisotopic (exact) mass is 249 g/mol. The van der Waals surface area contributed by atoms with Gasteiger partial charge in [-0.25, -0.2) is 0 Å². The molecule has 0 aliphatic heterocycles. The second kappa shape index (κ2) is 4.90. The molecule has 0 saturated heterocycles. The highest BCUT2D eigenvalue weighted by Crippen LogP contribution is 2.28. The van der Waals surface area contributed by atoms with Gasteiger partial charge in [0.1, 0.15) is 0 Å². The summed E-state index contributed by atoms with van der Waals surface area (Å²) >= 11 is 0. The summed E-state index contributed by atoms with van der Waals surface area (Å²) in [4.78, 5) is 0. The van der Waals surface area contributed by atoms with E-state index in [1.165, 1.54) is 16.7 Å². The van der Waals surface area contributed by atoms with E-state index in [9.17, 15) is 0 Å². The van der Waals surface area contributed by atoms with Gasteiger partial charge in [-0.3, -0.25) is 0 Å². The Hall–Kier alpha value is -2.07. The molecule has 0 radical (unpaired) electrons. The van der Waals surface area contributed by atoms with E-state index in [2.05, 4.69) is 51.1 Å². The summed E-state index contributed by atoms with van der Waals surface area (Å²) in [7, 11) is 0. The zero-order valence-electron chi connectivity index (χ0n) is 12.0. The number of aryl methyl sites for hydroxylation is 1. The molecule has 0 atom stereocenters. The molecule has 0 N–H and O–H groups in total. The number of nitriles is 1. The fourth-order valence-electron chi connectivity index (χ4n) is 2.21. The van der Waals surface area contributed by atoms with Crippen molar-refractivity contribution >= 4 is 0 Å². The van der Waals surface area contributed by atoms with Crippen LogP contribution in [0.3, 0.4) is 0 Å². The Bertz CT molecular complexity index is 622. The van der Waals surface area contributed by atoms with Crippen molar-refractivity contribution in [2.45, 2.75) is 33.1 Å². The molecule has 19 heavy (non-hydrogen) atoms. The van der Waals surface area contributed by atoms with Crippen LogP contribution in [-0.2, 0) is 5.41 Å². The molecule has 0 heterocycles. The first-order valence-electron chi connectivity index (χ1n) is 6.53. The number of hydrogen-bond donors (Lipinski definition) is 0. The number of rotatable bonds is 1. The number of benzene rings is 2. The van der Waals surface area contributed by atoms with E-state index in [1.807, 2.05) is 25.1 Å². The molecule has 2 rings (SSSR count). The highest BCUT2D eigenvalue weighted by molar-refractivity contribution is 5.68. The van der Waals surface area contributed by atoms with Gasteiger partial charge in [0.2, 0.25) is 0 Å². The summed E-state index contributed by atoms with van der Waals surface area (Å²) in [5.74, 6) is 0. The SMILES string of the molecule is Cc1cc(C#N)ccc1-c1ccc(C(C)(C)C)cc1. The lowest BCUT2D eigenvalue weighted by molar-refractivity contribution is 0.590. The lowest BCUT2D eigenvalue weighted by Gasteiger charge is -2.19. The molecule has 2 aromatic rings. The Balaban J connectivity index is 2.41. The van der Waals surface area contributed by atoms with Gasteiger partial charge in [-0.2, -0.15) is 5.26 Å². The molecule has 1 nitrogen and oxygen atoms in total. The van der Waals surface area contributed by atoms with E-state index in [1.54, 1.807) is 0 Å². The maximum absolute atomic E-state index is 8.90. The van der Waals surface area contributed by atoms with Crippen molar-refractivity contribution in [1.82, 2.24) is 0 Å². The third-order valence-electron chi connectivity index (χ3n) is 3.42. The molecule has 0 aromatic heterocycles. The number of hydrogen-bond acceptors (Lipinski definition) is 1. The quantitative estimate of drug-likeness (QED) is 0.710. The Morgan fingerprint density at radius 1 is 0.947 bits per heavy atom. The van der Waals surface area contributed by atoms with Crippen molar-refractivity contribution in [1.29, 1.82) is 5.26 Å². The van der Waals surface area contributed by atoms with Gasteiger partial charge in [-0.05, 0) is 46.7 Å². The molecule has 1 heteroatoms. The second-order valence-corrected chi connectivity index (χ2v) is 5.97. The third kappa shape index (κ3) is 2.85.